The van der Waals surface area contributed by atoms with E-state index in [2.05, 4.69) is 15.3 Å². The van der Waals surface area contributed by atoms with Crippen LogP contribution in [0.1, 0.15) is 13.8 Å². The molecule has 0 aliphatic rings. The highest BCUT2D eigenvalue weighted by molar-refractivity contribution is 8.00. The minimum atomic E-state index is -1.64. The molecule has 1 unspecified atom stereocenters. The van der Waals surface area contributed by atoms with Gasteiger partial charge >= 0.3 is 0 Å². The molecule has 0 fully saturated rings. The number of H-pyrrole nitrogens is 1. The number of fused-ring (bicyclic) bond motifs is 1. The summed E-state index contributed by atoms with van der Waals surface area (Å²) < 4.78 is -1.64. The van der Waals surface area contributed by atoms with Crippen LogP contribution in [-0.2, 0) is 4.79 Å². The predicted octanol–water partition coefficient (Wildman–Crippen LogP) is 4.12. The fourth-order valence-corrected chi connectivity index (χ4v) is 2.99. The zero-order valence-electron chi connectivity index (χ0n) is 11.4. The number of amides is 1. The van der Waals surface area contributed by atoms with Crippen molar-refractivity contribution in [2.24, 2.45) is 5.92 Å². The van der Waals surface area contributed by atoms with Gasteiger partial charge in [-0.05, 0) is 12.1 Å². The van der Waals surface area contributed by atoms with Crippen LogP contribution in [0.15, 0.2) is 29.4 Å². The van der Waals surface area contributed by atoms with Crippen molar-refractivity contribution >= 4 is 63.5 Å². The number of imidazole rings is 1. The number of nitrogens with one attached hydrogen (secondary N) is 2. The second-order valence-corrected chi connectivity index (χ2v) is 8.22. The first-order chi connectivity index (χ1) is 9.77. The number of aromatic amines is 1. The van der Waals surface area contributed by atoms with Crippen molar-refractivity contribution in [3.05, 3.63) is 24.3 Å². The minimum Gasteiger partial charge on any atom is -0.340 e. The molecule has 1 amide bonds. The maximum absolute atomic E-state index is 11.8. The highest BCUT2D eigenvalue weighted by Crippen LogP contribution is 2.39. The third-order valence-electron chi connectivity index (χ3n) is 2.69. The Bertz CT molecular complexity index is 606. The van der Waals surface area contributed by atoms with Gasteiger partial charge in [-0.3, -0.25) is 4.79 Å². The molecule has 21 heavy (non-hydrogen) atoms. The summed E-state index contributed by atoms with van der Waals surface area (Å²) in [4.78, 5) is 19.4. The van der Waals surface area contributed by atoms with E-state index in [0.29, 0.717) is 5.16 Å². The van der Waals surface area contributed by atoms with Gasteiger partial charge in [-0.25, -0.2) is 4.98 Å². The van der Waals surface area contributed by atoms with Crippen LogP contribution in [-0.4, -0.2) is 25.0 Å². The van der Waals surface area contributed by atoms with Crippen LogP contribution in [0.5, 0.6) is 0 Å². The van der Waals surface area contributed by atoms with Gasteiger partial charge in [-0.2, -0.15) is 0 Å². The highest BCUT2D eigenvalue weighted by Gasteiger charge is 2.36. The van der Waals surface area contributed by atoms with Crippen LogP contribution in [0, 0.1) is 5.92 Å². The summed E-state index contributed by atoms with van der Waals surface area (Å²) in [6, 6.07) is 7.59. The monoisotopic (exact) mass is 365 g/mol. The fraction of sp³-hybridized carbons (Fsp3) is 0.385. The van der Waals surface area contributed by atoms with Gasteiger partial charge < -0.3 is 10.3 Å². The third kappa shape index (κ3) is 4.42. The normalized spacial score (nSPS) is 13.6. The maximum Gasteiger partial charge on any atom is 0.223 e. The molecule has 0 saturated carbocycles. The summed E-state index contributed by atoms with van der Waals surface area (Å²) in [6.07, 6.45) is 0. The Balaban J connectivity index is 2.20. The zero-order chi connectivity index (χ0) is 15.6. The Hall–Kier alpha value is -0.620. The summed E-state index contributed by atoms with van der Waals surface area (Å²) in [5, 5.41) is 2.56. The molecular weight excluding hydrogens is 353 g/mol. The Morgan fingerprint density at radius 3 is 2.57 bits per heavy atom. The van der Waals surface area contributed by atoms with Crippen molar-refractivity contribution in [3.8, 4) is 0 Å². The Labute approximate surface area is 141 Å². The van der Waals surface area contributed by atoms with Gasteiger partial charge in [0.05, 0.1) is 11.0 Å². The topological polar surface area (TPSA) is 57.8 Å². The van der Waals surface area contributed by atoms with Crippen LogP contribution in [0.2, 0.25) is 0 Å². The van der Waals surface area contributed by atoms with E-state index in [1.165, 1.54) is 11.8 Å². The second-order valence-electron chi connectivity index (χ2n) is 4.76. The van der Waals surface area contributed by atoms with Gasteiger partial charge in [0, 0.05) is 5.92 Å². The molecule has 8 heteroatoms. The molecule has 0 aliphatic carbocycles. The molecule has 2 N–H and O–H groups in total. The summed E-state index contributed by atoms with van der Waals surface area (Å²) in [7, 11) is 0. The number of thioether (sulfide) groups is 1. The SMILES string of the molecule is CC(C)C(=O)NC(Sc1nc2ccccc2[nH]1)C(Cl)(Cl)Cl. The van der Waals surface area contributed by atoms with E-state index in [-0.39, 0.29) is 11.8 Å². The van der Waals surface area contributed by atoms with Crippen LogP contribution < -0.4 is 5.32 Å². The van der Waals surface area contributed by atoms with Gasteiger partial charge in [0.2, 0.25) is 9.70 Å². The fourth-order valence-electron chi connectivity index (χ4n) is 1.57. The Morgan fingerprint density at radius 2 is 2.00 bits per heavy atom. The number of nitrogens with zero attached hydrogens (tertiary/aromatic N) is 1. The molecule has 1 aromatic heterocycles. The van der Waals surface area contributed by atoms with Crippen LogP contribution in [0.25, 0.3) is 11.0 Å². The van der Waals surface area contributed by atoms with Crippen LogP contribution >= 0.6 is 46.6 Å². The van der Waals surface area contributed by atoms with Crippen molar-refractivity contribution in [1.29, 1.82) is 0 Å². The first kappa shape index (κ1) is 16.7. The number of benzene rings is 1. The molecule has 1 atom stereocenters. The lowest BCUT2D eigenvalue weighted by molar-refractivity contribution is -0.124. The lowest BCUT2D eigenvalue weighted by Crippen LogP contribution is -2.43. The van der Waals surface area contributed by atoms with Crippen molar-refractivity contribution in [2.75, 3.05) is 0 Å². The van der Waals surface area contributed by atoms with Gasteiger partial charge in [0.25, 0.3) is 0 Å². The number of carbonyl (C=O) groups excluding carboxylic acids is 1. The summed E-state index contributed by atoms with van der Waals surface area (Å²) in [6.45, 7) is 3.55. The number of para-hydroxylation sites is 2. The van der Waals surface area contributed by atoms with Crippen LogP contribution in [0.4, 0.5) is 0 Å². The molecule has 2 aromatic rings. The third-order valence-corrected chi connectivity index (χ3v) is 4.86. The van der Waals surface area contributed by atoms with Gasteiger partial charge in [0.1, 0.15) is 5.37 Å². The Morgan fingerprint density at radius 1 is 1.33 bits per heavy atom. The Kier molecular flexibility index (Phi) is 5.30. The number of aromatic nitrogens is 2. The first-order valence-corrected chi connectivity index (χ1v) is 8.27. The first-order valence-electron chi connectivity index (χ1n) is 6.26. The molecule has 2 rings (SSSR count). The van der Waals surface area contributed by atoms with E-state index in [1.807, 2.05) is 24.3 Å². The van der Waals surface area contributed by atoms with E-state index < -0.39 is 9.17 Å². The molecule has 0 bridgehead atoms. The largest absolute Gasteiger partial charge is 0.340 e. The molecule has 114 valence electrons. The average Bonchev–Trinajstić information content (AvgIpc) is 2.78. The summed E-state index contributed by atoms with van der Waals surface area (Å²) in [5.41, 5.74) is 1.71. The smallest absolute Gasteiger partial charge is 0.223 e. The van der Waals surface area contributed by atoms with Crippen molar-refractivity contribution in [3.63, 3.8) is 0 Å². The molecule has 0 spiro atoms. The van der Waals surface area contributed by atoms with Gasteiger partial charge in [-0.15, -0.1) is 0 Å². The summed E-state index contributed by atoms with van der Waals surface area (Å²) in [5.74, 6) is -0.383. The number of halogens is 3. The molecule has 0 saturated heterocycles. The second kappa shape index (κ2) is 6.65. The number of hydrogen-bond donors (Lipinski definition) is 2. The van der Waals surface area contributed by atoms with E-state index in [0.717, 1.165) is 11.0 Å². The molecular formula is C13H14Cl3N3OS. The van der Waals surface area contributed by atoms with E-state index >= 15 is 0 Å². The van der Waals surface area contributed by atoms with Gasteiger partial charge in [-0.1, -0.05) is 72.5 Å². The lowest BCUT2D eigenvalue weighted by atomic mass is 10.2. The zero-order valence-corrected chi connectivity index (χ0v) is 14.4. The quantitative estimate of drug-likeness (QED) is 0.486. The standard InChI is InChI=1S/C13H14Cl3N3OS/c1-7(2)10(20)19-11(13(14,15)16)21-12-17-8-5-3-4-6-9(8)18-12/h3-7,11H,1-2H3,(H,17,18)(H,19,20). The number of rotatable bonds is 4. The average molecular weight is 367 g/mol. The number of carbonyl (C=O) groups is 1. The summed E-state index contributed by atoms with van der Waals surface area (Å²) >= 11 is 19.0. The molecule has 1 aromatic carbocycles. The maximum atomic E-state index is 11.8. The predicted molar refractivity (Wildman–Crippen MR) is 89.0 cm³/mol. The van der Waals surface area contributed by atoms with E-state index in [4.69, 9.17) is 34.8 Å². The molecule has 1 heterocycles. The van der Waals surface area contributed by atoms with Gasteiger partial charge in [0.15, 0.2) is 5.16 Å². The minimum absolute atomic E-state index is 0.185. The number of alkyl halides is 3. The van der Waals surface area contributed by atoms with E-state index in [1.54, 1.807) is 13.8 Å². The van der Waals surface area contributed by atoms with Crippen molar-refractivity contribution in [2.45, 2.75) is 28.2 Å². The lowest BCUT2D eigenvalue weighted by Gasteiger charge is -2.24. The highest BCUT2D eigenvalue weighted by atomic mass is 35.6. The van der Waals surface area contributed by atoms with E-state index in [9.17, 15) is 4.79 Å². The van der Waals surface area contributed by atoms with Crippen molar-refractivity contribution < 1.29 is 4.79 Å². The molecule has 0 radical (unpaired) electrons. The molecule has 0 aliphatic heterocycles. The number of hydrogen-bond acceptors (Lipinski definition) is 3. The van der Waals surface area contributed by atoms with Crippen molar-refractivity contribution in [1.82, 2.24) is 15.3 Å². The van der Waals surface area contributed by atoms with Crippen LogP contribution in [0.3, 0.4) is 0 Å². The molecule has 4 nitrogen and oxygen atoms in total.